The fourth-order valence-electron chi connectivity index (χ4n) is 3.43. The average Bonchev–Trinajstić information content (AvgIpc) is 2.75. The number of nitrogens with one attached hydrogen (secondary N) is 1. The molecule has 0 aliphatic carbocycles. The molecule has 0 bridgehead atoms. The molecular weight excluding hydrogens is 424 g/mol. The van der Waals surface area contributed by atoms with Gasteiger partial charge in [-0.25, -0.2) is 4.79 Å². The fraction of sp³-hybridized carbons (Fsp3) is 0.429. The average molecular weight is 449 g/mol. The summed E-state index contributed by atoms with van der Waals surface area (Å²) < 4.78 is 7.38. The highest BCUT2D eigenvalue weighted by atomic mass is 35.5. The molecule has 0 radical (unpaired) electrons. The molecule has 31 heavy (non-hydrogen) atoms. The van der Waals surface area contributed by atoms with Gasteiger partial charge < -0.3 is 19.5 Å². The van der Waals surface area contributed by atoms with Crippen LogP contribution in [0.25, 0.3) is 0 Å². The van der Waals surface area contributed by atoms with Crippen molar-refractivity contribution in [1.82, 2.24) is 19.4 Å². The van der Waals surface area contributed by atoms with Crippen molar-refractivity contribution in [1.29, 1.82) is 0 Å². The van der Waals surface area contributed by atoms with Gasteiger partial charge >= 0.3 is 17.2 Å². The largest absolute Gasteiger partial charge is 0.450 e. The molecule has 1 fully saturated rings. The number of amides is 2. The van der Waals surface area contributed by atoms with Gasteiger partial charge in [-0.05, 0) is 37.5 Å². The maximum Gasteiger partial charge on any atom is 0.409 e. The third kappa shape index (κ3) is 5.97. The maximum absolute atomic E-state index is 12.4. The minimum absolute atomic E-state index is 0.0980. The molecule has 0 unspecified atom stereocenters. The van der Waals surface area contributed by atoms with E-state index in [1.807, 2.05) is 0 Å². The van der Waals surface area contributed by atoms with Gasteiger partial charge in [0.05, 0.1) is 13.2 Å². The molecule has 166 valence electrons. The van der Waals surface area contributed by atoms with Crippen LogP contribution in [-0.2, 0) is 22.6 Å². The zero-order chi connectivity index (χ0) is 22.4. The minimum atomic E-state index is -0.760. The van der Waals surface area contributed by atoms with Gasteiger partial charge in [0.1, 0.15) is 6.54 Å². The molecule has 2 aromatic rings. The third-order valence-electron chi connectivity index (χ3n) is 5.10. The quantitative estimate of drug-likeness (QED) is 0.674. The van der Waals surface area contributed by atoms with E-state index in [1.165, 1.54) is 17.0 Å². The summed E-state index contributed by atoms with van der Waals surface area (Å²) in [6.45, 7) is 3.05. The molecule has 2 amide bonds. The van der Waals surface area contributed by atoms with Crippen molar-refractivity contribution < 1.29 is 14.3 Å². The molecule has 0 saturated carbocycles. The van der Waals surface area contributed by atoms with Crippen LogP contribution in [-0.4, -0.2) is 51.8 Å². The molecular formula is C21H25ClN4O5. The van der Waals surface area contributed by atoms with E-state index in [2.05, 4.69) is 5.32 Å². The number of carbonyl (C=O) groups is 2. The van der Waals surface area contributed by atoms with Gasteiger partial charge in [0.2, 0.25) is 5.91 Å². The zero-order valence-electron chi connectivity index (χ0n) is 17.3. The van der Waals surface area contributed by atoms with E-state index in [0.29, 0.717) is 37.6 Å². The Morgan fingerprint density at radius 2 is 1.68 bits per heavy atom. The number of rotatable bonds is 6. The summed E-state index contributed by atoms with van der Waals surface area (Å²) >= 11 is 5.86. The molecule has 10 heteroatoms. The van der Waals surface area contributed by atoms with E-state index >= 15 is 0 Å². The lowest BCUT2D eigenvalue weighted by molar-refractivity contribution is -0.122. The third-order valence-corrected chi connectivity index (χ3v) is 5.35. The number of nitrogens with zero attached hydrogens (tertiary/aromatic N) is 3. The number of hydrogen-bond acceptors (Lipinski definition) is 5. The Bertz CT molecular complexity index is 1040. The number of halogens is 1. The lowest BCUT2D eigenvalue weighted by Gasteiger charge is -2.31. The van der Waals surface area contributed by atoms with Gasteiger partial charge in [0, 0.05) is 36.5 Å². The van der Waals surface area contributed by atoms with Crippen LogP contribution in [0.15, 0.2) is 46.2 Å². The van der Waals surface area contributed by atoms with E-state index in [9.17, 15) is 19.2 Å². The van der Waals surface area contributed by atoms with Crippen molar-refractivity contribution >= 4 is 23.6 Å². The molecule has 1 aliphatic rings. The highest BCUT2D eigenvalue weighted by Crippen LogP contribution is 2.12. The lowest BCUT2D eigenvalue weighted by Crippen LogP contribution is -2.48. The van der Waals surface area contributed by atoms with E-state index in [0.717, 1.165) is 10.1 Å². The Kier molecular flexibility index (Phi) is 7.51. The molecule has 3 rings (SSSR count). The van der Waals surface area contributed by atoms with Gasteiger partial charge in [-0.2, -0.15) is 0 Å². The van der Waals surface area contributed by atoms with Gasteiger partial charge in [-0.15, -0.1) is 0 Å². The standard InChI is InChI=1S/C21H25ClN4O5/c1-2-31-21(30)24-9-7-17(8-10-24)23-18(27)14-26-12-11-25(19(28)20(26)29)13-15-3-5-16(22)6-4-15/h3-6,11-12,17H,2,7-10,13-14H2,1H3,(H,23,27). The van der Waals surface area contributed by atoms with Crippen molar-refractivity contribution in [2.45, 2.75) is 38.9 Å². The lowest BCUT2D eigenvalue weighted by atomic mass is 10.1. The van der Waals surface area contributed by atoms with Crippen LogP contribution in [0.3, 0.4) is 0 Å². The van der Waals surface area contributed by atoms with Crippen LogP contribution in [0.1, 0.15) is 25.3 Å². The van der Waals surface area contributed by atoms with Crippen LogP contribution < -0.4 is 16.4 Å². The van der Waals surface area contributed by atoms with E-state index in [1.54, 1.807) is 36.1 Å². The molecule has 0 atom stereocenters. The number of carbonyl (C=O) groups excluding carboxylic acids is 2. The minimum Gasteiger partial charge on any atom is -0.450 e. The van der Waals surface area contributed by atoms with Crippen LogP contribution in [0, 0.1) is 0 Å². The molecule has 1 aromatic carbocycles. The Morgan fingerprint density at radius 1 is 1.06 bits per heavy atom. The van der Waals surface area contributed by atoms with Gasteiger partial charge in [-0.1, -0.05) is 23.7 Å². The molecule has 2 heterocycles. The predicted octanol–water partition coefficient (Wildman–Crippen LogP) is 1.45. The van der Waals surface area contributed by atoms with Crippen molar-refractivity contribution in [3.8, 4) is 0 Å². The number of piperidine rings is 1. The highest BCUT2D eigenvalue weighted by molar-refractivity contribution is 6.30. The Labute approximate surface area is 184 Å². The fourth-order valence-corrected chi connectivity index (χ4v) is 3.55. The van der Waals surface area contributed by atoms with Crippen LogP contribution >= 0.6 is 11.6 Å². The summed E-state index contributed by atoms with van der Waals surface area (Å²) in [5, 5.41) is 3.45. The number of hydrogen-bond donors (Lipinski definition) is 1. The van der Waals surface area contributed by atoms with Gasteiger partial charge in [-0.3, -0.25) is 19.0 Å². The Hall–Kier alpha value is -3.07. The maximum atomic E-state index is 12.4. The number of aromatic nitrogens is 2. The summed E-state index contributed by atoms with van der Waals surface area (Å²) in [6, 6.07) is 6.89. The van der Waals surface area contributed by atoms with E-state index in [-0.39, 0.29) is 31.1 Å². The smallest absolute Gasteiger partial charge is 0.409 e. The van der Waals surface area contributed by atoms with Gasteiger partial charge in [0.15, 0.2) is 0 Å². The van der Waals surface area contributed by atoms with E-state index < -0.39 is 11.1 Å². The monoisotopic (exact) mass is 448 g/mol. The summed E-state index contributed by atoms with van der Waals surface area (Å²) in [6.07, 6.45) is 3.77. The van der Waals surface area contributed by atoms with Gasteiger partial charge in [0.25, 0.3) is 0 Å². The number of likely N-dealkylation sites (tertiary alicyclic amines) is 1. The SMILES string of the molecule is CCOC(=O)N1CCC(NC(=O)Cn2ccn(Cc3ccc(Cl)cc3)c(=O)c2=O)CC1. The first kappa shape index (κ1) is 22.6. The Morgan fingerprint density at radius 3 is 2.32 bits per heavy atom. The predicted molar refractivity (Wildman–Crippen MR) is 115 cm³/mol. The molecule has 1 N–H and O–H groups in total. The molecule has 9 nitrogen and oxygen atoms in total. The molecule has 1 saturated heterocycles. The molecule has 1 aliphatic heterocycles. The Balaban J connectivity index is 1.56. The first-order chi connectivity index (χ1) is 14.9. The molecule has 1 aromatic heterocycles. The second kappa shape index (κ2) is 10.3. The second-order valence-electron chi connectivity index (χ2n) is 7.32. The van der Waals surface area contributed by atoms with Crippen LogP contribution in [0.5, 0.6) is 0 Å². The van der Waals surface area contributed by atoms with Crippen LogP contribution in [0.4, 0.5) is 4.79 Å². The van der Waals surface area contributed by atoms with Crippen LogP contribution in [0.2, 0.25) is 5.02 Å². The second-order valence-corrected chi connectivity index (χ2v) is 7.75. The number of ether oxygens (including phenoxy) is 1. The summed E-state index contributed by atoms with van der Waals surface area (Å²) in [5.41, 5.74) is -0.632. The zero-order valence-corrected chi connectivity index (χ0v) is 18.0. The van der Waals surface area contributed by atoms with E-state index in [4.69, 9.17) is 16.3 Å². The first-order valence-electron chi connectivity index (χ1n) is 10.1. The first-order valence-corrected chi connectivity index (χ1v) is 10.5. The highest BCUT2D eigenvalue weighted by Gasteiger charge is 2.24. The van der Waals surface area contributed by atoms with Crippen molar-refractivity contribution in [3.63, 3.8) is 0 Å². The topological polar surface area (TPSA) is 103 Å². The molecule has 0 spiro atoms. The normalized spacial score (nSPS) is 14.3. The summed E-state index contributed by atoms with van der Waals surface area (Å²) in [5.74, 6) is -0.355. The summed E-state index contributed by atoms with van der Waals surface area (Å²) in [4.78, 5) is 50.5. The number of benzene rings is 1. The van der Waals surface area contributed by atoms with Crippen molar-refractivity contribution in [2.24, 2.45) is 0 Å². The van der Waals surface area contributed by atoms with Crippen molar-refractivity contribution in [2.75, 3.05) is 19.7 Å². The summed E-state index contributed by atoms with van der Waals surface area (Å²) in [7, 11) is 0. The van der Waals surface area contributed by atoms with Crippen molar-refractivity contribution in [3.05, 3.63) is 68.0 Å².